The van der Waals surface area contributed by atoms with Crippen LogP contribution in [0.15, 0.2) is 41.3 Å². The summed E-state index contributed by atoms with van der Waals surface area (Å²) >= 11 is 0. The van der Waals surface area contributed by atoms with Crippen molar-refractivity contribution < 1.29 is 6.11 Å². The van der Waals surface area contributed by atoms with E-state index in [9.17, 15) is 4.79 Å². The molecule has 0 atom stereocenters. The Labute approximate surface area is 140 Å². The minimum atomic E-state index is -0.329. The molecule has 0 radical (unpaired) electrons. The predicted octanol–water partition coefficient (Wildman–Crippen LogP) is 1.81. The van der Waals surface area contributed by atoms with Crippen LogP contribution in [0, 0.1) is 6.92 Å². The van der Waals surface area contributed by atoms with Gasteiger partial charge in [0.15, 0.2) is 0 Å². The van der Waals surface area contributed by atoms with Crippen molar-refractivity contribution in [3.63, 3.8) is 0 Å². The third-order valence-electron chi connectivity index (χ3n) is 3.80. The molecule has 0 aliphatic heterocycles. The lowest BCUT2D eigenvalue weighted by molar-refractivity contribution is 0.301. The van der Waals surface area contributed by atoms with Crippen molar-refractivity contribution >= 4 is 0 Å². The molecule has 7 heteroatoms. The summed E-state index contributed by atoms with van der Waals surface area (Å²) in [6.45, 7) is 4.13. The zero-order valence-corrected chi connectivity index (χ0v) is 13.9. The molecule has 0 saturated carbocycles. The van der Waals surface area contributed by atoms with Gasteiger partial charge < -0.3 is 4.74 Å². The van der Waals surface area contributed by atoms with Gasteiger partial charge in [-0.25, -0.2) is 4.79 Å². The minimum Gasteiger partial charge on any atom is -0.488 e. The Bertz CT molecular complexity index is 964. The first-order valence-corrected chi connectivity index (χ1v) is 7.67. The molecule has 0 N–H and O–H groups in total. The fraction of sp³-hybridized carbons (Fsp3) is 0.294. The molecule has 2 aromatic heterocycles. The quantitative estimate of drug-likeness (QED) is 0.714. The third kappa shape index (κ3) is 2.92. The monoisotopic (exact) mass is 327 g/mol. The number of hydrogen-bond acceptors (Lipinski definition) is 5. The van der Waals surface area contributed by atoms with Gasteiger partial charge in [-0.15, -0.1) is 0 Å². The maximum Gasteiger partial charge on any atom is 0.368 e. The topological polar surface area (TPSA) is 74.8 Å². The van der Waals surface area contributed by atoms with Gasteiger partial charge in [-0.05, 0) is 41.5 Å². The number of aromatic nitrogens is 5. The van der Waals surface area contributed by atoms with Crippen molar-refractivity contribution in [3.05, 3.63) is 63.8 Å². The van der Waals surface area contributed by atoms with Crippen LogP contribution in [0.4, 0.5) is 0 Å². The smallest absolute Gasteiger partial charge is 0.368 e. The van der Waals surface area contributed by atoms with Crippen LogP contribution in [-0.2, 0) is 20.1 Å². The Morgan fingerprint density at radius 3 is 2.79 bits per heavy atom. The summed E-state index contributed by atoms with van der Waals surface area (Å²) < 4.78 is 16.0. The lowest BCUT2D eigenvalue weighted by Crippen LogP contribution is -2.23. The number of aryl methyl sites for hydroxylation is 3. The summed E-state index contributed by atoms with van der Waals surface area (Å²) in [6, 6.07) is 7.36. The summed E-state index contributed by atoms with van der Waals surface area (Å²) in [5, 5.41) is 7.68. The number of nitrogens with zero attached hydrogens (tertiary/aromatic N) is 5. The minimum absolute atomic E-state index is 0.244. The largest absolute Gasteiger partial charge is 0.488 e. The van der Waals surface area contributed by atoms with E-state index in [2.05, 4.69) is 15.4 Å². The fourth-order valence-electron chi connectivity index (χ4n) is 2.46. The van der Waals surface area contributed by atoms with Gasteiger partial charge in [0.1, 0.15) is 12.4 Å². The molecule has 24 heavy (non-hydrogen) atoms. The Balaban J connectivity index is 1.99. The fourth-order valence-corrected chi connectivity index (χ4v) is 2.46. The molecule has 0 bridgehead atoms. The normalized spacial score (nSPS) is 11.4. The Hall–Kier alpha value is -2.96. The first kappa shape index (κ1) is 14.6. The Kier molecular flexibility index (Phi) is 4.05. The third-order valence-corrected chi connectivity index (χ3v) is 3.80. The van der Waals surface area contributed by atoms with Crippen LogP contribution in [-0.4, -0.2) is 24.8 Å². The summed E-state index contributed by atoms with van der Waals surface area (Å²) in [4.78, 5) is 16.6. The molecular weight excluding hydrogens is 306 g/mol. The van der Waals surface area contributed by atoms with Crippen LogP contribution in [0.1, 0.15) is 25.1 Å². The van der Waals surface area contributed by atoms with Crippen molar-refractivity contribution in [1.29, 1.82) is 0 Å². The van der Waals surface area contributed by atoms with E-state index in [1.165, 1.54) is 9.36 Å². The van der Waals surface area contributed by atoms with Crippen molar-refractivity contribution in [3.8, 4) is 11.4 Å². The molecule has 1 aromatic carbocycles. The van der Waals surface area contributed by atoms with E-state index in [0.717, 1.165) is 16.8 Å². The van der Waals surface area contributed by atoms with E-state index in [4.69, 9.17) is 6.11 Å². The number of tetrazole rings is 1. The average molecular weight is 327 g/mol. The van der Waals surface area contributed by atoms with Crippen molar-refractivity contribution in [2.45, 2.75) is 26.9 Å². The van der Waals surface area contributed by atoms with Crippen molar-refractivity contribution in [1.82, 2.24) is 24.8 Å². The van der Waals surface area contributed by atoms with Crippen LogP contribution in [0.25, 0.3) is 5.69 Å². The molecule has 2 heterocycles. The van der Waals surface area contributed by atoms with Crippen LogP contribution in [0.2, 0.25) is 0 Å². The highest BCUT2D eigenvalue weighted by molar-refractivity contribution is 5.42. The van der Waals surface area contributed by atoms with Gasteiger partial charge in [0.25, 0.3) is 0 Å². The zero-order valence-electron chi connectivity index (χ0n) is 14.9. The standard InChI is InChI=1S/C17H19N5O2/c1-4-14-13(11-24-16-8-6-5-7-12(16)2)15(9-10-18-14)22-17(23)21(3)19-20-22/h5-10H,4,11H2,1-3H3/i5T. The predicted molar refractivity (Wildman–Crippen MR) is 89.3 cm³/mol. The highest BCUT2D eigenvalue weighted by Gasteiger charge is 2.15. The first-order valence-electron chi connectivity index (χ1n) is 8.17. The molecule has 0 saturated heterocycles. The lowest BCUT2D eigenvalue weighted by Gasteiger charge is -2.14. The molecular formula is C17H19N5O2. The number of benzene rings is 1. The zero-order chi connectivity index (χ0) is 18.0. The highest BCUT2D eigenvalue weighted by atomic mass is 16.5. The maximum absolute atomic E-state index is 12.2. The van der Waals surface area contributed by atoms with Gasteiger partial charge in [0.2, 0.25) is 0 Å². The lowest BCUT2D eigenvalue weighted by atomic mass is 10.1. The molecule has 0 aliphatic rings. The number of para-hydroxylation sites is 1. The van der Waals surface area contributed by atoms with E-state index < -0.39 is 0 Å². The molecule has 0 amide bonds. The van der Waals surface area contributed by atoms with E-state index in [1.54, 1.807) is 37.5 Å². The number of rotatable bonds is 5. The number of ether oxygens (including phenoxy) is 1. The summed E-state index contributed by atoms with van der Waals surface area (Å²) in [5.41, 5.74) is 2.79. The molecule has 0 spiro atoms. The molecule has 3 aromatic rings. The van der Waals surface area contributed by atoms with Gasteiger partial charge in [0.05, 0.1) is 7.06 Å². The van der Waals surface area contributed by atoms with E-state index in [-0.39, 0.29) is 12.3 Å². The molecule has 0 unspecified atom stereocenters. The average Bonchev–Trinajstić information content (AvgIpc) is 2.93. The van der Waals surface area contributed by atoms with Crippen molar-refractivity contribution in [2.75, 3.05) is 0 Å². The second-order valence-electron chi connectivity index (χ2n) is 5.39. The summed E-state index contributed by atoms with van der Waals surface area (Å²) in [5.74, 6) is 0.694. The number of hydrogen-bond donors (Lipinski definition) is 0. The first-order chi connectivity index (χ1) is 12.0. The second-order valence-corrected chi connectivity index (χ2v) is 5.39. The van der Waals surface area contributed by atoms with Crippen LogP contribution in [0.5, 0.6) is 5.75 Å². The van der Waals surface area contributed by atoms with Gasteiger partial charge >= 0.3 is 5.69 Å². The summed E-state index contributed by atoms with van der Waals surface area (Å²) in [6.07, 6.45) is 2.35. The molecule has 7 nitrogen and oxygen atoms in total. The van der Waals surface area contributed by atoms with Gasteiger partial charge in [-0.2, -0.15) is 9.36 Å². The van der Waals surface area contributed by atoms with E-state index in [0.29, 0.717) is 23.9 Å². The van der Waals surface area contributed by atoms with E-state index in [1.807, 2.05) is 13.8 Å². The van der Waals surface area contributed by atoms with Crippen LogP contribution < -0.4 is 10.4 Å². The second kappa shape index (κ2) is 6.66. The van der Waals surface area contributed by atoms with Crippen molar-refractivity contribution in [2.24, 2.45) is 7.05 Å². The molecule has 124 valence electrons. The van der Waals surface area contributed by atoms with Gasteiger partial charge in [-0.3, -0.25) is 4.98 Å². The highest BCUT2D eigenvalue weighted by Crippen LogP contribution is 2.21. The number of pyridine rings is 1. The summed E-state index contributed by atoms with van der Waals surface area (Å²) in [7, 11) is 1.55. The Morgan fingerprint density at radius 2 is 2.12 bits per heavy atom. The van der Waals surface area contributed by atoms with Gasteiger partial charge in [0, 0.05) is 24.5 Å². The van der Waals surface area contributed by atoms with Crippen LogP contribution >= 0.6 is 0 Å². The molecule has 3 rings (SSSR count). The maximum atomic E-state index is 12.2. The molecule has 0 aliphatic carbocycles. The molecule has 0 fully saturated rings. The van der Waals surface area contributed by atoms with Crippen LogP contribution in [0.3, 0.4) is 0 Å². The van der Waals surface area contributed by atoms with Gasteiger partial charge in [-0.1, -0.05) is 25.1 Å². The SMILES string of the molecule is [3H]c1ccc(OCc2c(-n3nnn(C)c3=O)ccnc2CC)c(C)c1. The van der Waals surface area contributed by atoms with E-state index >= 15 is 0 Å². The Morgan fingerprint density at radius 1 is 1.29 bits per heavy atom.